The molecule has 2 atom stereocenters. The molecule has 1 rings (SSSR count). The Morgan fingerprint density at radius 3 is 2.50 bits per heavy atom. The van der Waals surface area contributed by atoms with Crippen molar-refractivity contribution < 1.29 is 5.11 Å². The van der Waals surface area contributed by atoms with Crippen LogP contribution in [0.15, 0.2) is 27.1 Å². The fourth-order valence-electron chi connectivity index (χ4n) is 1.74. The van der Waals surface area contributed by atoms with E-state index in [2.05, 4.69) is 38.8 Å². The van der Waals surface area contributed by atoms with Crippen LogP contribution in [0, 0.1) is 5.92 Å². The third-order valence-corrected chi connectivity index (χ3v) is 4.57. The Labute approximate surface area is 113 Å². The van der Waals surface area contributed by atoms with Crippen LogP contribution in [0.4, 0.5) is 0 Å². The topological polar surface area (TPSA) is 46.2 Å². The largest absolute Gasteiger partial charge is 0.388 e. The molecule has 4 heteroatoms. The highest BCUT2D eigenvalue weighted by atomic mass is 79.9. The first-order valence-corrected chi connectivity index (χ1v) is 7.01. The van der Waals surface area contributed by atoms with Gasteiger partial charge in [0.05, 0.1) is 6.10 Å². The zero-order valence-corrected chi connectivity index (χ0v) is 12.5. The van der Waals surface area contributed by atoms with E-state index < -0.39 is 6.10 Å². The molecule has 0 saturated carbocycles. The summed E-state index contributed by atoms with van der Waals surface area (Å²) in [5, 5.41) is 10.2. The zero-order chi connectivity index (χ0) is 12.1. The van der Waals surface area contributed by atoms with Gasteiger partial charge in [0.2, 0.25) is 0 Å². The Morgan fingerprint density at radius 2 is 2.00 bits per heavy atom. The average Bonchev–Trinajstić information content (AvgIpc) is 2.28. The molecular formula is C12H17Br2NO. The maximum absolute atomic E-state index is 10.2. The van der Waals surface area contributed by atoms with Crippen molar-refractivity contribution in [3.05, 3.63) is 32.7 Å². The molecule has 0 saturated heterocycles. The Balaban J connectivity index is 2.85. The molecule has 0 aliphatic carbocycles. The lowest BCUT2D eigenvalue weighted by molar-refractivity contribution is 0.106. The van der Waals surface area contributed by atoms with Crippen LogP contribution < -0.4 is 5.73 Å². The highest BCUT2D eigenvalue weighted by molar-refractivity contribution is 9.13. The summed E-state index contributed by atoms with van der Waals surface area (Å²) in [4.78, 5) is 0. The zero-order valence-electron chi connectivity index (χ0n) is 9.29. The summed E-state index contributed by atoms with van der Waals surface area (Å²) in [6.07, 6.45) is 1.51. The smallest absolute Gasteiger partial charge is 0.0830 e. The van der Waals surface area contributed by atoms with Crippen molar-refractivity contribution in [2.45, 2.75) is 25.9 Å². The lowest BCUT2D eigenvalue weighted by atomic mass is 9.92. The second kappa shape index (κ2) is 6.74. The number of rotatable bonds is 5. The van der Waals surface area contributed by atoms with Gasteiger partial charge < -0.3 is 10.8 Å². The summed E-state index contributed by atoms with van der Waals surface area (Å²) < 4.78 is 1.94. The Kier molecular flexibility index (Phi) is 5.97. The first-order chi connectivity index (χ1) is 7.60. The lowest BCUT2D eigenvalue weighted by Crippen LogP contribution is -2.21. The Hall–Kier alpha value is 0.1000. The summed E-state index contributed by atoms with van der Waals surface area (Å²) in [5.74, 6) is 0.137. The molecular weight excluding hydrogens is 334 g/mol. The summed E-state index contributed by atoms with van der Waals surface area (Å²) in [7, 11) is 0. The third kappa shape index (κ3) is 3.55. The van der Waals surface area contributed by atoms with Gasteiger partial charge in [-0.15, -0.1) is 0 Å². The molecule has 0 amide bonds. The van der Waals surface area contributed by atoms with E-state index in [1.54, 1.807) is 0 Å². The predicted molar refractivity (Wildman–Crippen MR) is 74.3 cm³/mol. The van der Waals surface area contributed by atoms with Gasteiger partial charge in [0, 0.05) is 14.9 Å². The van der Waals surface area contributed by atoms with Crippen LogP contribution in [0.5, 0.6) is 0 Å². The standard InChI is InChI=1S/C12H17Br2NO/c1-2-3-9(7-15)12(16)8-4-5-10(13)11(14)6-8/h4-6,9,12,16H,2-3,7,15H2,1H3. The maximum atomic E-state index is 10.2. The van der Waals surface area contributed by atoms with Gasteiger partial charge in [-0.05, 0) is 62.5 Å². The Morgan fingerprint density at radius 1 is 1.31 bits per heavy atom. The molecule has 0 radical (unpaired) electrons. The molecule has 0 aliphatic heterocycles. The average molecular weight is 351 g/mol. The van der Waals surface area contributed by atoms with Crippen molar-refractivity contribution in [1.29, 1.82) is 0 Å². The summed E-state index contributed by atoms with van der Waals surface area (Å²) in [6, 6.07) is 5.80. The number of aliphatic hydroxyl groups is 1. The number of hydrogen-bond donors (Lipinski definition) is 2. The molecule has 1 aromatic carbocycles. The van der Waals surface area contributed by atoms with Crippen molar-refractivity contribution in [2.24, 2.45) is 11.7 Å². The van der Waals surface area contributed by atoms with Crippen LogP contribution in [0.3, 0.4) is 0 Å². The van der Waals surface area contributed by atoms with Crippen molar-refractivity contribution in [3.8, 4) is 0 Å². The molecule has 1 aromatic rings. The van der Waals surface area contributed by atoms with E-state index in [0.717, 1.165) is 27.4 Å². The maximum Gasteiger partial charge on any atom is 0.0830 e. The molecule has 0 bridgehead atoms. The van der Waals surface area contributed by atoms with Crippen molar-refractivity contribution in [3.63, 3.8) is 0 Å². The number of benzene rings is 1. The number of nitrogens with two attached hydrogens (primary N) is 1. The van der Waals surface area contributed by atoms with E-state index >= 15 is 0 Å². The SMILES string of the molecule is CCCC(CN)C(O)c1ccc(Br)c(Br)c1. The quantitative estimate of drug-likeness (QED) is 0.851. The number of aliphatic hydroxyl groups excluding tert-OH is 1. The highest BCUT2D eigenvalue weighted by Crippen LogP contribution is 2.30. The molecule has 2 nitrogen and oxygen atoms in total. The highest BCUT2D eigenvalue weighted by Gasteiger charge is 2.19. The molecule has 0 aromatic heterocycles. The summed E-state index contributed by atoms with van der Waals surface area (Å²) >= 11 is 6.85. The minimum Gasteiger partial charge on any atom is -0.388 e. The van der Waals surface area contributed by atoms with Crippen molar-refractivity contribution in [1.82, 2.24) is 0 Å². The van der Waals surface area contributed by atoms with Crippen LogP contribution >= 0.6 is 31.9 Å². The van der Waals surface area contributed by atoms with Gasteiger partial charge in [-0.25, -0.2) is 0 Å². The Bertz CT molecular complexity index is 344. The van der Waals surface area contributed by atoms with Crippen LogP contribution in [0.1, 0.15) is 31.4 Å². The van der Waals surface area contributed by atoms with Gasteiger partial charge in [0.25, 0.3) is 0 Å². The molecule has 3 N–H and O–H groups in total. The van der Waals surface area contributed by atoms with Crippen LogP contribution in [0.25, 0.3) is 0 Å². The second-order valence-corrected chi connectivity index (χ2v) is 5.61. The van der Waals surface area contributed by atoms with Crippen LogP contribution in [-0.4, -0.2) is 11.7 Å². The van der Waals surface area contributed by atoms with Crippen LogP contribution in [-0.2, 0) is 0 Å². The summed E-state index contributed by atoms with van der Waals surface area (Å²) in [5.41, 5.74) is 6.60. The molecule has 16 heavy (non-hydrogen) atoms. The fourth-order valence-corrected chi connectivity index (χ4v) is 2.39. The van der Waals surface area contributed by atoms with Gasteiger partial charge in [-0.3, -0.25) is 0 Å². The predicted octanol–water partition coefficient (Wildman–Crippen LogP) is 3.62. The first kappa shape index (κ1) is 14.2. The monoisotopic (exact) mass is 349 g/mol. The van der Waals surface area contributed by atoms with E-state index in [1.807, 2.05) is 18.2 Å². The minimum atomic E-state index is -0.477. The van der Waals surface area contributed by atoms with E-state index in [0.29, 0.717) is 6.54 Å². The third-order valence-electron chi connectivity index (χ3n) is 2.69. The molecule has 2 unspecified atom stereocenters. The van der Waals surface area contributed by atoms with Gasteiger partial charge >= 0.3 is 0 Å². The van der Waals surface area contributed by atoms with Gasteiger partial charge in [-0.2, -0.15) is 0 Å². The van der Waals surface area contributed by atoms with Crippen molar-refractivity contribution in [2.75, 3.05) is 6.54 Å². The number of halogens is 2. The van der Waals surface area contributed by atoms with E-state index in [-0.39, 0.29) is 5.92 Å². The molecule has 0 heterocycles. The van der Waals surface area contributed by atoms with E-state index in [9.17, 15) is 5.11 Å². The van der Waals surface area contributed by atoms with Crippen molar-refractivity contribution >= 4 is 31.9 Å². The van der Waals surface area contributed by atoms with Gasteiger partial charge in [-0.1, -0.05) is 19.4 Å². The van der Waals surface area contributed by atoms with Gasteiger partial charge in [0.1, 0.15) is 0 Å². The first-order valence-electron chi connectivity index (χ1n) is 5.43. The van der Waals surface area contributed by atoms with Gasteiger partial charge in [0.15, 0.2) is 0 Å². The molecule has 0 spiro atoms. The molecule has 90 valence electrons. The van der Waals surface area contributed by atoms with Crippen LogP contribution in [0.2, 0.25) is 0 Å². The van der Waals surface area contributed by atoms with E-state index in [4.69, 9.17) is 5.73 Å². The minimum absolute atomic E-state index is 0.137. The number of hydrogen-bond acceptors (Lipinski definition) is 2. The second-order valence-electron chi connectivity index (χ2n) is 3.90. The lowest BCUT2D eigenvalue weighted by Gasteiger charge is -2.21. The fraction of sp³-hybridized carbons (Fsp3) is 0.500. The molecule has 0 aliphatic rings. The molecule has 0 fully saturated rings. The summed E-state index contributed by atoms with van der Waals surface area (Å²) in [6.45, 7) is 2.62. The van der Waals surface area contributed by atoms with E-state index in [1.165, 1.54) is 0 Å². The normalized spacial score (nSPS) is 14.8.